The molecular weight excluding hydrogens is 299 g/mol. The molecule has 0 unspecified atom stereocenters. The van der Waals surface area contributed by atoms with Crippen LogP contribution in [0, 0.1) is 18.4 Å². The van der Waals surface area contributed by atoms with E-state index in [0.29, 0.717) is 0 Å². The minimum Gasteiger partial charge on any atom is -0.328 e. The van der Waals surface area contributed by atoms with Crippen molar-refractivity contribution in [1.82, 2.24) is 0 Å². The summed E-state index contributed by atoms with van der Waals surface area (Å²) in [5, 5.41) is 0. The van der Waals surface area contributed by atoms with Gasteiger partial charge in [0, 0.05) is 38.1 Å². The fourth-order valence-corrected chi connectivity index (χ4v) is 1.84. The van der Waals surface area contributed by atoms with Crippen LogP contribution in [0.3, 0.4) is 0 Å². The minimum atomic E-state index is -0.326. The van der Waals surface area contributed by atoms with Gasteiger partial charge in [0.25, 0.3) is 0 Å². The van der Waals surface area contributed by atoms with Crippen molar-refractivity contribution in [3.8, 4) is 0 Å². The molecule has 2 nitrogen and oxygen atoms in total. The first-order valence-corrected chi connectivity index (χ1v) is 6.05. The van der Waals surface area contributed by atoms with Crippen LogP contribution in [0.4, 0.5) is 0 Å². The molecule has 0 amide bonds. The number of hydrogen-bond donors (Lipinski definition) is 1. The zero-order chi connectivity index (χ0) is 13.1. The van der Waals surface area contributed by atoms with Crippen molar-refractivity contribution in [3.05, 3.63) is 35.4 Å². The molecule has 0 heterocycles. The number of Topliss-reactive ketones (excluding diaryl/α,β-unsaturated/α-hetero) is 1. The Morgan fingerprint density at radius 1 is 1.44 bits per heavy atom. The maximum atomic E-state index is 11.4. The zero-order valence-electron chi connectivity index (χ0n) is 11.8. The molecule has 0 bridgehead atoms. The van der Waals surface area contributed by atoms with Crippen LogP contribution in [0.5, 0.6) is 0 Å². The summed E-state index contributed by atoms with van der Waals surface area (Å²) in [5.41, 5.74) is 8.09. The van der Waals surface area contributed by atoms with E-state index in [1.54, 1.807) is 6.92 Å². The molecule has 97 valence electrons. The smallest absolute Gasteiger partial charge is 0.135 e. The van der Waals surface area contributed by atoms with Crippen molar-refractivity contribution in [2.45, 2.75) is 46.6 Å². The number of carbonyl (C=O) groups is 1. The molecule has 0 aliphatic carbocycles. The van der Waals surface area contributed by atoms with Gasteiger partial charge in [-0.15, -0.1) is 0 Å². The molecule has 1 aromatic rings. The second-order valence-corrected chi connectivity index (χ2v) is 5.49. The van der Waals surface area contributed by atoms with Gasteiger partial charge in [-0.05, 0) is 19.4 Å². The summed E-state index contributed by atoms with van der Waals surface area (Å²) >= 11 is 0. The molecular formula is C15H22NOY-. The third-order valence-corrected chi connectivity index (χ3v) is 3.26. The van der Waals surface area contributed by atoms with Gasteiger partial charge < -0.3 is 5.73 Å². The number of hydrogen-bond acceptors (Lipinski definition) is 2. The van der Waals surface area contributed by atoms with E-state index in [0.717, 1.165) is 18.4 Å². The van der Waals surface area contributed by atoms with Crippen molar-refractivity contribution in [3.63, 3.8) is 0 Å². The van der Waals surface area contributed by atoms with Crippen molar-refractivity contribution >= 4 is 5.78 Å². The molecule has 2 N–H and O–H groups in total. The normalized spacial score (nSPS) is 12.7. The third-order valence-electron chi connectivity index (χ3n) is 3.26. The van der Waals surface area contributed by atoms with E-state index in [4.69, 9.17) is 5.73 Å². The average Bonchev–Trinajstić information content (AvgIpc) is 2.20. The van der Waals surface area contributed by atoms with E-state index in [1.165, 1.54) is 5.56 Å². The first kappa shape index (κ1) is 18.0. The van der Waals surface area contributed by atoms with Gasteiger partial charge in [0.05, 0.1) is 0 Å². The number of nitrogens with two attached hydrogens (primary N) is 1. The van der Waals surface area contributed by atoms with E-state index >= 15 is 0 Å². The quantitative estimate of drug-likeness (QED) is 0.847. The largest absolute Gasteiger partial charge is 0.328 e. The topological polar surface area (TPSA) is 43.1 Å². The molecule has 18 heavy (non-hydrogen) atoms. The van der Waals surface area contributed by atoms with Crippen LogP contribution in [-0.4, -0.2) is 11.8 Å². The van der Waals surface area contributed by atoms with Crippen molar-refractivity contribution < 1.29 is 37.5 Å². The predicted molar refractivity (Wildman–Crippen MR) is 70.8 cm³/mol. The van der Waals surface area contributed by atoms with Crippen LogP contribution in [0.15, 0.2) is 18.2 Å². The molecule has 1 radical (unpaired) electrons. The van der Waals surface area contributed by atoms with Gasteiger partial charge in [-0.25, -0.2) is 0 Å². The van der Waals surface area contributed by atoms with Crippen LogP contribution in [0.25, 0.3) is 0 Å². The van der Waals surface area contributed by atoms with E-state index < -0.39 is 0 Å². The standard InChI is InChI=1S/C15H22NO.Y/c1-11-5-7-13(8-6-11)9-14(16)10-15(3,4)12(2)17;/h5,7-8,14H,9-10,16H2,1-4H3;/q-1;/t14-;/m0./s1. The monoisotopic (exact) mass is 321 g/mol. The van der Waals surface area contributed by atoms with Crippen LogP contribution in [0.1, 0.15) is 38.3 Å². The molecule has 0 aliphatic heterocycles. The molecule has 0 spiro atoms. The molecule has 3 heteroatoms. The average molecular weight is 321 g/mol. The summed E-state index contributed by atoms with van der Waals surface area (Å²) in [6.45, 7) is 7.56. The molecule has 0 saturated carbocycles. The van der Waals surface area contributed by atoms with Crippen LogP contribution in [-0.2, 0) is 43.9 Å². The summed E-state index contributed by atoms with van der Waals surface area (Å²) in [4.78, 5) is 11.4. The SMILES string of the molecule is CC(=O)C(C)(C)C[C@@H](N)Cc1c[c-]c(C)cc1.[Y]. The molecule has 1 rings (SSSR count). The first-order valence-electron chi connectivity index (χ1n) is 6.05. The van der Waals surface area contributed by atoms with Gasteiger partial charge in [0.2, 0.25) is 0 Å². The second kappa shape index (κ2) is 7.52. The van der Waals surface area contributed by atoms with Gasteiger partial charge in [0.15, 0.2) is 0 Å². The first-order chi connectivity index (χ1) is 7.81. The number of carbonyl (C=O) groups excluding carboxylic acids is 1. The summed E-state index contributed by atoms with van der Waals surface area (Å²) < 4.78 is 0. The maximum absolute atomic E-state index is 11.4. The number of aryl methyl sites for hydroxylation is 1. The zero-order valence-corrected chi connectivity index (χ0v) is 14.6. The molecule has 1 atom stereocenters. The van der Waals surface area contributed by atoms with E-state index in [1.807, 2.05) is 32.9 Å². The van der Waals surface area contributed by atoms with Gasteiger partial charge in [-0.1, -0.05) is 27.2 Å². The van der Waals surface area contributed by atoms with Gasteiger partial charge in [-0.2, -0.15) is 35.4 Å². The molecule has 1 aromatic carbocycles. The summed E-state index contributed by atoms with van der Waals surface area (Å²) in [5.74, 6) is 0.198. The number of ketones is 1. The van der Waals surface area contributed by atoms with Gasteiger partial charge in [0.1, 0.15) is 5.78 Å². The minimum absolute atomic E-state index is 0. The van der Waals surface area contributed by atoms with Crippen molar-refractivity contribution in [2.75, 3.05) is 0 Å². The van der Waals surface area contributed by atoms with Crippen LogP contribution >= 0.6 is 0 Å². The van der Waals surface area contributed by atoms with E-state index in [9.17, 15) is 4.79 Å². The fraction of sp³-hybridized carbons (Fsp3) is 0.533. The van der Waals surface area contributed by atoms with Gasteiger partial charge in [-0.3, -0.25) is 4.79 Å². The van der Waals surface area contributed by atoms with Gasteiger partial charge >= 0.3 is 0 Å². The summed E-state index contributed by atoms with van der Waals surface area (Å²) in [6.07, 6.45) is 1.52. The Labute approximate surface area is 136 Å². The van der Waals surface area contributed by atoms with Crippen molar-refractivity contribution in [1.29, 1.82) is 0 Å². The maximum Gasteiger partial charge on any atom is 0.135 e. The molecule has 0 saturated heterocycles. The Hall–Kier alpha value is -0.0461. The summed E-state index contributed by atoms with van der Waals surface area (Å²) in [6, 6.07) is 9.28. The number of benzene rings is 1. The Morgan fingerprint density at radius 2 is 2.06 bits per heavy atom. The predicted octanol–water partition coefficient (Wildman–Crippen LogP) is 2.67. The van der Waals surface area contributed by atoms with Crippen LogP contribution in [0.2, 0.25) is 0 Å². The Balaban J connectivity index is 0.00000289. The Kier molecular flexibility index (Phi) is 7.50. The number of rotatable bonds is 5. The molecule has 0 aliphatic rings. The Morgan fingerprint density at radius 3 is 2.50 bits per heavy atom. The van der Waals surface area contributed by atoms with E-state index in [2.05, 4.69) is 12.1 Å². The summed E-state index contributed by atoms with van der Waals surface area (Å²) in [7, 11) is 0. The molecule has 0 fully saturated rings. The third kappa shape index (κ3) is 5.73. The molecule has 0 aromatic heterocycles. The van der Waals surface area contributed by atoms with E-state index in [-0.39, 0.29) is 49.9 Å². The second-order valence-electron chi connectivity index (χ2n) is 5.49. The fourth-order valence-electron chi connectivity index (χ4n) is 1.84. The van der Waals surface area contributed by atoms with Crippen molar-refractivity contribution in [2.24, 2.45) is 11.1 Å². The Bertz CT molecular complexity index is 384. The van der Waals surface area contributed by atoms with Crippen LogP contribution < -0.4 is 5.73 Å².